The Bertz CT molecular complexity index is 1150. The highest BCUT2D eigenvalue weighted by atomic mass is 32.1. The van der Waals surface area contributed by atoms with E-state index in [9.17, 15) is 14.4 Å². The first-order chi connectivity index (χ1) is 16.5. The number of nitrogens with zero attached hydrogens (tertiary/aromatic N) is 2. The molecule has 2 amide bonds. The zero-order valence-corrected chi connectivity index (χ0v) is 20.6. The Hall–Kier alpha value is -2.52. The molecule has 2 aromatic rings. The van der Waals surface area contributed by atoms with Crippen LogP contribution < -0.4 is 10.9 Å². The Morgan fingerprint density at radius 1 is 1.18 bits per heavy atom. The smallest absolute Gasteiger partial charge is 0.262 e. The van der Waals surface area contributed by atoms with Gasteiger partial charge < -0.3 is 19.9 Å². The number of piperidine rings is 1. The first kappa shape index (κ1) is 24.6. The fraction of sp³-hybridized carbons (Fsp3) is 0.600. The number of amides is 2. The maximum Gasteiger partial charge on any atom is 0.262 e. The lowest BCUT2D eigenvalue weighted by molar-refractivity contribution is -0.127. The summed E-state index contributed by atoms with van der Waals surface area (Å²) in [6.45, 7) is 2.06. The van der Waals surface area contributed by atoms with Gasteiger partial charge in [0.2, 0.25) is 5.91 Å². The number of hydrogen-bond acceptors (Lipinski definition) is 5. The molecule has 9 heteroatoms. The molecule has 0 spiro atoms. The van der Waals surface area contributed by atoms with Crippen LogP contribution in [0.1, 0.15) is 61.7 Å². The second-order valence-electron chi connectivity index (χ2n) is 9.43. The lowest BCUT2D eigenvalue weighted by Gasteiger charge is -2.33. The fourth-order valence-corrected chi connectivity index (χ4v) is 5.37. The van der Waals surface area contributed by atoms with Gasteiger partial charge in [-0.25, -0.2) is 0 Å². The van der Waals surface area contributed by atoms with Crippen molar-refractivity contribution >= 4 is 34.9 Å². The van der Waals surface area contributed by atoms with Crippen LogP contribution in [0.25, 0.3) is 10.9 Å². The molecule has 1 aliphatic heterocycles. The van der Waals surface area contributed by atoms with E-state index in [-0.39, 0.29) is 29.3 Å². The highest BCUT2D eigenvalue weighted by molar-refractivity contribution is 7.71. The van der Waals surface area contributed by atoms with Crippen LogP contribution >= 0.6 is 12.2 Å². The number of aromatic nitrogens is 2. The van der Waals surface area contributed by atoms with E-state index < -0.39 is 0 Å². The molecular weight excluding hydrogens is 452 g/mol. The Morgan fingerprint density at radius 2 is 1.97 bits per heavy atom. The van der Waals surface area contributed by atoms with E-state index in [1.165, 1.54) is 23.8 Å². The van der Waals surface area contributed by atoms with Crippen molar-refractivity contribution in [3.63, 3.8) is 0 Å². The molecule has 4 rings (SSSR count). The number of likely N-dealkylation sites (tertiary alicyclic amines) is 1. The van der Waals surface area contributed by atoms with E-state index in [2.05, 4.69) is 10.3 Å². The van der Waals surface area contributed by atoms with Crippen molar-refractivity contribution in [3.8, 4) is 0 Å². The number of fused-ring (bicyclic) bond motifs is 1. The molecule has 1 aromatic heterocycles. The van der Waals surface area contributed by atoms with Crippen LogP contribution in [0.15, 0.2) is 23.0 Å². The molecule has 2 N–H and O–H groups in total. The SMILES string of the molecule is COCCCn1c(=S)[nH]c2cc(C(=O)N3CCCC(C(=O)NC4CCCCC4)C3)ccc2c1=O. The predicted octanol–water partition coefficient (Wildman–Crippen LogP) is 3.40. The van der Waals surface area contributed by atoms with E-state index in [0.717, 1.165) is 25.7 Å². The Balaban J connectivity index is 1.47. The molecule has 1 unspecified atom stereocenters. The van der Waals surface area contributed by atoms with Crippen molar-refractivity contribution in [2.75, 3.05) is 26.8 Å². The van der Waals surface area contributed by atoms with E-state index in [1.54, 1.807) is 30.2 Å². The number of benzene rings is 1. The fourth-order valence-electron chi connectivity index (χ4n) is 5.08. The number of nitrogens with one attached hydrogen (secondary N) is 2. The Morgan fingerprint density at radius 3 is 2.74 bits per heavy atom. The number of aromatic amines is 1. The maximum atomic E-state index is 13.3. The van der Waals surface area contributed by atoms with Crippen molar-refractivity contribution in [1.82, 2.24) is 19.8 Å². The van der Waals surface area contributed by atoms with Gasteiger partial charge in [0.1, 0.15) is 0 Å². The van der Waals surface area contributed by atoms with Gasteiger partial charge in [0, 0.05) is 45.0 Å². The maximum absolute atomic E-state index is 13.3. The topological polar surface area (TPSA) is 96.4 Å². The minimum atomic E-state index is -0.176. The normalized spacial score (nSPS) is 19.3. The first-order valence-corrected chi connectivity index (χ1v) is 12.7. The third-order valence-corrected chi connectivity index (χ3v) is 7.31. The number of hydrogen-bond donors (Lipinski definition) is 2. The average molecular weight is 487 g/mol. The van der Waals surface area contributed by atoms with Gasteiger partial charge in [0.15, 0.2) is 4.77 Å². The van der Waals surface area contributed by atoms with Crippen LogP contribution in [-0.4, -0.2) is 59.1 Å². The number of carbonyl (C=O) groups is 2. The van der Waals surface area contributed by atoms with Crippen molar-refractivity contribution in [2.24, 2.45) is 5.92 Å². The zero-order valence-electron chi connectivity index (χ0n) is 19.8. The third-order valence-electron chi connectivity index (χ3n) is 6.99. The molecule has 1 atom stereocenters. The molecule has 8 nitrogen and oxygen atoms in total. The molecular formula is C25H34N4O4S. The van der Waals surface area contributed by atoms with Gasteiger partial charge >= 0.3 is 0 Å². The van der Waals surface area contributed by atoms with Gasteiger partial charge in [-0.1, -0.05) is 19.3 Å². The summed E-state index contributed by atoms with van der Waals surface area (Å²) in [5, 5.41) is 3.70. The summed E-state index contributed by atoms with van der Waals surface area (Å²) in [6.07, 6.45) is 7.97. The molecule has 1 aromatic carbocycles. The van der Waals surface area contributed by atoms with E-state index in [4.69, 9.17) is 17.0 Å². The number of carbonyl (C=O) groups excluding carboxylic acids is 2. The highest BCUT2D eigenvalue weighted by Gasteiger charge is 2.30. The monoisotopic (exact) mass is 486 g/mol. The summed E-state index contributed by atoms with van der Waals surface area (Å²) < 4.78 is 6.92. The summed E-state index contributed by atoms with van der Waals surface area (Å²) in [6, 6.07) is 5.34. The molecule has 2 fully saturated rings. The summed E-state index contributed by atoms with van der Waals surface area (Å²) in [7, 11) is 1.62. The largest absolute Gasteiger partial charge is 0.385 e. The minimum Gasteiger partial charge on any atom is -0.385 e. The molecule has 0 bridgehead atoms. The average Bonchev–Trinajstić information content (AvgIpc) is 2.86. The second kappa shape index (κ2) is 11.3. The number of ether oxygens (including phenoxy) is 1. The van der Waals surface area contributed by atoms with Crippen LogP contribution in [0.5, 0.6) is 0 Å². The lowest BCUT2D eigenvalue weighted by Crippen LogP contribution is -2.47. The molecule has 1 aliphatic carbocycles. The molecule has 1 saturated heterocycles. The molecule has 184 valence electrons. The Labute approximate surface area is 204 Å². The lowest BCUT2D eigenvalue weighted by atomic mass is 9.92. The van der Waals surface area contributed by atoms with Gasteiger partial charge in [-0.15, -0.1) is 0 Å². The molecule has 2 heterocycles. The standard InChI is InChI=1S/C25H34N4O4S/c1-33-14-6-13-29-24(32)20-11-10-17(15-21(20)27-25(29)34)23(31)28-12-5-7-18(16-28)22(30)26-19-8-3-2-4-9-19/h10-11,15,18-19H,2-9,12-14,16H2,1H3,(H,26,30)(H,27,34). The quantitative estimate of drug-likeness (QED) is 0.462. The molecule has 2 aliphatic rings. The van der Waals surface area contributed by atoms with Gasteiger partial charge in [-0.2, -0.15) is 0 Å². The number of methoxy groups -OCH3 is 1. The summed E-state index contributed by atoms with van der Waals surface area (Å²) in [5.74, 6) is -0.230. The van der Waals surface area contributed by atoms with Crippen LogP contribution in [-0.2, 0) is 16.1 Å². The van der Waals surface area contributed by atoms with Crippen LogP contribution in [0, 0.1) is 10.7 Å². The van der Waals surface area contributed by atoms with Crippen LogP contribution in [0.3, 0.4) is 0 Å². The summed E-state index contributed by atoms with van der Waals surface area (Å²) >= 11 is 5.39. The summed E-state index contributed by atoms with van der Waals surface area (Å²) in [4.78, 5) is 43.9. The van der Waals surface area contributed by atoms with Gasteiger partial charge in [-0.3, -0.25) is 19.0 Å². The predicted molar refractivity (Wildman–Crippen MR) is 134 cm³/mol. The van der Waals surface area contributed by atoms with Crippen LogP contribution in [0.2, 0.25) is 0 Å². The molecule has 1 saturated carbocycles. The first-order valence-electron chi connectivity index (χ1n) is 12.3. The third kappa shape index (κ3) is 5.58. The van der Waals surface area contributed by atoms with E-state index >= 15 is 0 Å². The second-order valence-corrected chi connectivity index (χ2v) is 9.81. The van der Waals surface area contributed by atoms with Crippen LogP contribution in [0.4, 0.5) is 0 Å². The Kier molecular flexibility index (Phi) is 8.15. The minimum absolute atomic E-state index is 0.0704. The zero-order chi connectivity index (χ0) is 24.1. The number of H-pyrrole nitrogens is 1. The van der Waals surface area contributed by atoms with Crippen molar-refractivity contribution < 1.29 is 14.3 Å². The van der Waals surface area contributed by atoms with Crippen molar-refractivity contribution in [1.29, 1.82) is 0 Å². The van der Waals surface area contributed by atoms with Crippen molar-refractivity contribution in [3.05, 3.63) is 38.9 Å². The molecule has 34 heavy (non-hydrogen) atoms. The molecule has 0 radical (unpaired) electrons. The van der Waals surface area contributed by atoms with E-state index in [0.29, 0.717) is 53.9 Å². The van der Waals surface area contributed by atoms with Gasteiger partial charge in [0.05, 0.1) is 16.8 Å². The van der Waals surface area contributed by atoms with Gasteiger partial charge in [0.25, 0.3) is 11.5 Å². The van der Waals surface area contributed by atoms with Gasteiger partial charge in [-0.05, 0) is 62.5 Å². The van der Waals surface area contributed by atoms with E-state index in [1.807, 2.05) is 0 Å². The van der Waals surface area contributed by atoms with Crippen molar-refractivity contribution in [2.45, 2.75) is 64.0 Å². The summed E-state index contributed by atoms with van der Waals surface area (Å²) in [5.41, 5.74) is 0.863. The highest BCUT2D eigenvalue weighted by Crippen LogP contribution is 2.22. The number of rotatable bonds is 7.